The first kappa shape index (κ1) is 19.3. The number of rotatable bonds is 5. The minimum atomic E-state index is -0.440. The molecule has 0 aliphatic heterocycles. The van der Waals surface area contributed by atoms with Crippen molar-refractivity contribution in [2.75, 3.05) is 12.0 Å². The van der Waals surface area contributed by atoms with Gasteiger partial charge in [0.25, 0.3) is 11.5 Å². The molecule has 1 amide bonds. The maximum Gasteiger partial charge on any atom is 0.280 e. The fourth-order valence-electron chi connectivity index (χ4n) is 2.44. The molecule has 142 valence electrons. The minimum Gasteiger partial charge on any atom is -0.296 e. The SMILES string of the molecule is Cc1nc2ccccc2c(=O)n1NC(=O)CNNC(=S)/N=C/c1ccccc1. The number of aromatic nitrogens is 2. The van der Waals surface area contributed by atoms with Gasteiger partial charge in [-0.05, 0) is 36.8 Å². The van der Waals surface area contributed by atoms with Crippen molar-refractivity contribution in [3.8, 4) is 0 Å². The molecule has 0 aliphatic rings. The van der Waals surface area contributed by atoms with Gasteiger partial charge in [-0.1, -0.05) is 42.5 Å². The molecule has 3 N–H and O–H groups in total. The Morgan fingerprint density at radius 2 is 1.89 bits per heavy atom. The summed E-state index contributed by atoms with van der Waals surface area (Å²) in [5, 5.41) is 0.605. The Bertz CT molecular complexity index is 1090. The van der Waals surface area contributed by atoms with Crippen LogP contribution < -0.4 is 21.8 Å². The summed E-state index contributed by atoms with van der Waals surface area (Å²) in [7, 11) is 0. The molecule has 3 aromatic rings. The molecule has 1 heterocycles. The first-order valence-corrected chi connectivity index (χ1v) is 8.85. The topological polar surface area (TPSA) is 100 Å². The van der Waals surface area contributed by atoms with E-state index >= 15 is 0 Å². The van der Waals surface area contributed by atoms with E-state index < -0.39 is 5.91 Å². The fraction of sp³-hybridized carbons (Fsp3) is 0.105. The Morgan fingerprint density at radius 3 is 2.68 bits per heavy atom. The average Bonchev–Trinajstić information content (AvgIpc) is 2.70. The molecule has 0 bridgehead atoms. The number of nitrogens with zero attached hydrogens (tertiary/aromatic N) is 3. The highest BCUT2D eigenvalue weighted by atomic mass is 32.1. The van der Waals surface area contributed by atoms with E-state index in [9.17, 15) is 9.59 Å². The number of amides is 1. The van der Waals surface area contributed by atoms with Crippen molar-refractivity contribution >= 4 is 40.4 Å². The van der Waals surface area contributed by atoms with Crippen LogP contribution in [0.15, 0.2) is 64.4 Å². The van der Waals surface area contributed by atoms with E-state index in [2.05, 4.69) is 26.3 Å². The average molecular weight is 394 g/mol. The van der Waals surface area contributed by atoms with E-state index in [0.29, 0.717) is 16.7 Å². The van der Waals surface area contributed by atoms with Gasteiger partial charge in [-0.2, -0.15) is 0 Å². The lowest BCUT2D eigenvalue weighted by Gasteiger charge is -2.12. The van der Waals surface area contributed by atoms with Crippen LogP contribution in [-0.2, 0) is 4.79 Å². The van der Waals surface area contributed by atoms with Crippen molar-refractivity contribution < 1.29 is 4.79 Å². The number of thiocarbonyl (C=S) groups is 1. The Kier molecular flexibility index (Phi) is 6.20. The second-order valence-electron chi connectivity index (χ2n) is 5.80. The third kappa shape index (κ3) is 4.84. The lowest BCUT2D eigenvalue weighted by Crippen LogP contribution is -2.44. The van der Waals surface area contributed by atoms with Crippen LogP contribution in [0, 0.1) is 6.92 Å². The number of nitrogens with one attached hydrogen (secondary N) is 3. The van der Waals surface area contributed by atoms with E-state index in [1.807, 2.05) is 30.3 Å². The van der Waals surface area contributed by atoms with Crippen LogP contribution in [-0.4, -0.2) is 33.4 Å². The van der Waals surface area contributed by atoms with Crippen LogP contribution in [0.3, 0.4) is 0 Å². The zero-order chi connectivity index (χ0) is 19.9. The summed E-state index contributed by atoms with van der Waals surface area (Å²) < 4.78 is 1.12. The predicted octanol–water partition coefficient (Wildman–Crippen LogP) is 1.27. The summed E-state index contributed by atoms with van der Waals surface area (Å²) in [5.74, 6) is -0.0578. The Hall–Kier alpha value is -3.43. The third-order valence-electron chi connectivity index (χ3n) is 3.75. The van der Waals surface area contributed by atoms with E-state index in [1.54, 1.807) is 37.4 Å². The van der Waals surface area contributed by atoms with Gasteiger partial charge in [0, 0.05) is 6.21 Å². The molecule has 0 fully saturated rings. The molecule has 8 nitrogen and oxygen atoms in total. The van der Waals surface area contributed by atoms with Crippen molar-refractivity contribution in [3.05, 3.63) is 76.3 Å². The highest BCUT2D eigenvalue weighted by Gasteiger charge is 2.10. The molecule has 0 spiro atoms. The van der Waals surface area contributed by atoms with Crippen LogP contribution >= 0.6 is 12.2 Å². The highest BCUT2D eigenvalue weighted by molar-refractivity contribution is 7.80. The molecule has 0 atom stereocenters. The van der Waals surface area contributed by atoms with Gasteiger partial charge in [-0.3, -0.25) is 20.4 Å². The summed E-state index contributed by atoms with van der Waals surface area (Å²) >= 11 is 5.06. The number of benzene rings is 2. The van der Waals surface area contributed by atoms with E-state index in [-0.39, 0.29) is 17.2 Å². The quantitative estimate of drug-likeness (QED) is 0.342. The highest BCUT2D eigenvalue weighted by Crippen LogP contribution is 2.06. The summed E-state index contributed by atoms with van der Waals surface area (Å²) in [6.45, 7) is 1.52. The van der Waals surface area contributed by atoms with Gasteiger partial charge in [0.15, 0.2) is 0 Å². The van der Waals surface area contributed by atoms with E-state index in [4.69, 9.17) is 12.2 Å². The standard InChI is InChI=1S/C19H18N6O2S/c1-13-22-16-10-6-5-9-15(16)18(27)25(13)24-17(26)12-21-23-19(28)20-11-14-7-3-2-4-8-14/h2-11,21H,12H2,1H3,(H,23,28)(H,24,26)/b20-11+. The fourth-order valence-corrected chi connectivity index (χ4v) is 2.57. The molecule has 2 aromatic carbocycles. The smallest absolute Gasteiger partial charge is 0.280 e. The lowest BCUT2D eigenvalue weighted by molar-refractivity contribution is -0.116. The number of hydrogen-bond acceptors (Lipinski definition) is 5. The molecule has 0 saturated carbocycles. The normalized spacial score (nSPS) is 10.9. The summed E-state index contributed by atoms with van der Waals surface area (Å²) in [4.78, 5) is 33.0. The Labute approximate surface area is 166 Å². The first-order chi connectivity index (χ1) is 13.5. The number of aryl methyl sites for hydroxylation is 1. The van der Waals surface area contributed by atoms with E-state index in [0.717, 1.165) is 10.2 Å². The van der Waals surface area contributed by atoms with Crippen LogP contribution in [0.25, 0.3) is 10.9 Å². The van der Waals surface area contributed by atoms with Gasteiger partial charge in [-0.15, -0.1) is 0 Å². The van der Waals surface area contributed by atoms with Crippen molar-refractivity contribution in [1.29, 1.82) is 0 Å². The molecule has 3 rings (SSSR count). The zero-order valence-electron chi connectivity index (χ0n) is 15.0. The largest absolute Gasteiger partial charge is 0.296 e. The summed E-state index contributed by atoms with van der Waals surface area (Å²) in [6, 6.07) is 16.4. The number of para-hydroxylation sites is 1. The molecule has 0 radical (unpaired) electrons. The van der Waals surface area contributed by atoms with Gasteiger partial charge in [0.1, 0.15) is 5.82 Å². The minimum absolute atomic E-state index is 0.125. The van der Waals surface area contributed by atoms with Gasteiger partial charge < -0.3 is 0 Å². The number of fused-ring (bicyclic) bond motifs is 1. The predicted molar refractivity (Wildman–Crippen MR) is 113 cm³/mol. The van der Waals surface area contributed by atoms with Crippen LogP contribution in [0.5, 0.6) is 0 Å². The van der Waals surface area contributed by atoms with Gasteiger partial charge in [-0.25, -0.2) is 20.1 Å². The molecule has 0 saturated heterocycles. The number of carbonyl (C=O) groups is 1. The third-order valence-corrected chi connectivity index (χ3v) is 3.96. The maximum absolute atomic E-state index is 12.5. The van der Waals surface area contributed by atoms with Crippen LogP contribution in [0.4, 0.5) is 0 Å². The van der Waals surface area contributed by atoms with Gasteiger partial charge in [0.2, 0.25) is 5.11 Å². The second-order valence-corrected chi connectivity index (χ2v) is 6.19. The Morgan fingerprint density at radius 1 is 1.18 bits per heavy atom. The summed E-state index contributed by atoms with van der Waals surface area (Å²) in [5.41, 5.74) is 8.98. The molecular weight excluding hydrogens is 376 g/mol. The van der Waals surface area contributed by atoms with Gasteiger partial charge in [0.05, 0.1) is 17.4 Å². The number of carbonyl (C=O) groups excluding carboxylic acids is 1. The van der Waals surface area contributed by atoms with E-state index in [1.165, 1.54) is 0 Å². The van der Waals surface area contributed by atoms with Crippen molar-refractivity contribution in [3.63, 3.8) is 0 Å². The van der Waals surface area contributed by atoms with Crippen molar-refractivity contribution in [2.45, 2.75) is 6.92 Å². The van der Waals surface area contributed by atoms with Crippen molar-refractivity contribution in [2.24, 2.45) is 4.99 Å². The van der Waals surface area contributed by atoms with Crippen molar-refractivity contribution in [1.82, 2.24) is 20.5 Å². The second kappa shape index (κ2) is 8.98. The Balaban J connectivity index is 1.55. The molecule has 28 heavy (non-hydrogen) atoms. The maximum atomic E-state index is 12.5. The van der Waals surface area contributed by atoms with Crippen LogP contribution in [0.2, 0.25) is 0 Å². The molecule has 0 aliphatic carbocycles. The number of hydrogen-bond donors (Lipinski definition) is 3. The first-order valence-electron chi connectivity index (χ1n) is 8.45. The molecular formula is C19H18N6O2S. The van der Waals surface area contributed by atoms with Crippen LogP contribution in [0.1, 0.15) is 11.4 Å². The molecule has 9 heteroatoms. The zero-order valence-corrected chi connectivity index (χ0v) is 15.9. The monoisotopic (exact) mass is 394 g/mol. The van der Waals surface area contributed by atoms with Gasteiger partial charge >= 0.3 is 0 Å². The summed E-state index contributed by atoms with van der Waals surface area (Å²) in [6.07, 6.45) is 1.61. The molecule has 1 aromatic heterocycles. The number of hydrazine groups is 1. The molecule has 0 unspecified atom stereocenters. The number of aliphatic imine (C=N–C) groups is 1. The lowest BCUT2D eigenvalue weighted by atomic mass is 10.2.